The van der Waals surface area contributed by atoms with Gasteiger partial charge in [-0.1, -0.05) is 11.6 Å². The summed E-state index contributed by atoms with van der Waals surface area (Å²) in [5, 5.41) is 0.384. The summed E-state index contributed by atoms with van der Waals surface area (Å²) in [5.74, 6) is 0.230. The number of halogens is 2. The van der Waals surface area contributed by atoms with Crippen LogP contribution < -0.4 is 0 Å². The zero-order chi connectivity index (χ0) is 11.7. The molecule has 0 unspecified atom stereocenters. The molecule has 0 aromatic heterocycles. The van der Waals surface area contributed by atoms with Crippen LogP contribution in [-0.4, -0.2) is 31.8 Å². The van der Waals surface area contributed by atoms with E-state index in [1.807, 2.05) is 6.92 Å². The Bertz CT molecular complexity index is 261. The highest BCUT2D eigenvalue weighted by molar-refractivity contribution is 6.65. The molecule has 0 aromatic carbocycles. The Morgan fingerprint density at radius 3 is 2.47 bits per heavy atom. The van der Waals surface area contributed by atoms with Gasteiger partial charge in [-0.25, -0.2) is 4.99 Å². The molecule has 0 aliphatic rings. The molecule has 0 aliphatic heterocycles. The lowest BCUT2D eigenvalue weighted by molar-refractivity contribution is 0.0822. The van der Waals surface area contributed by atoms with Gasteiger partial charge in [-0.15, -0.1) is 0 Å². The van der Waals surface area contributed by atoms with E-state index in [0.717, 1.165) is 0 Å². The maximum atomic E-state index is 5.74. The summed E-state index contributed by atoms with van der Waals surface area (Å²) in [4.78, 5) is 7.23. The molecule has 6 heteroatoms. The quantitative estimate of drug-likeness (QED) is 0.240. The molecule has 0 atom stereocenters. The summed E-state index contributed by atoms with van der Waals surface area (Å²) >= 11 is 11.3. The average Bonchev–Trinajstić information content (AvgIpc) is 2.21. The maximum Gasteiger partial charge on any atom is 0.230 e. The number of hydrogen-bond donors (Lipinski definition) is 0. The molecule has 86 valence electrons. The minimum absolute atomic E-state index is 0.0126. The molecule has 0 aromatic rings. The van der Waals surface area contributed by atoms with Crippen LogP contribution in [0.4, 0.5) is 0 Å². The van der Waals surface area contributed by atoms with Gasteiger partial charge in [-0.2, -0.15) is 4.99 Å². The van der Waals surface area contributed by atoms with E-state index in [2.05, 4.69) is 16.7 Å². The van der Waals surface area contributed by atoms with Crippen molar-refractivity contribution < 1.29 is 9.47 Å². The first-order valence-electron chi connectivity index (χ1n) is 4.39. The lowest BCUT2D eigenvalue weighted by Gasteiger charge is -2.06. The Kier molecular flexibility index (Phi) is 8.37. The molecule has 0 amide bonds. The van der Waals surface area contributed by atoms with Gasteiger partial charge >= 0.3 is 0 Å². The highest BCUT2D eigenvalue weighted by Crippen LogP contribution is 2.12. The van der Waals surface area contributed by atoms with Gasteiger partial charge < -0.3 is 9.47 Å². The number of nitrogens with zero attached hydrogens (tertiary/aromatic N) is 2. The molecule has 0 fully saturated rings. The third kappa shape index (κ3) is 7.36. The van der Waals surface area contributed by atoms with E-state index in [1.54, 1.807) is 6.92 Å². The van der Waals surface area contributed by atoms with E-state index in [9.17, 15) is 0 Å². The summed E-state index contributed by atoms with van der Waals surface area (Å²) in [7, 11) is 0. The monoisotopic (exact) mass is 252 g/mol. The molecule has 15 heavy (non-hydrogen) atoms. The molecule has 4 nitrogen and oxygen atoms in total. The Morgan fingerprint density at radius 2 is 2.00 bits per heavy atom. The van der Waals surface area contributed by atoms with Crippen LogP contribution in [0.1, 0.15) is 13.8 Å². The average molecular weight is 253 g/mol. The van der Waals surface area contributed by atoms with Crippen molar-refractivity contribution in [3.63, 3.8) is 0 Å². The van der Waals surface area contributed by atoms with Crippen molar-refractivity contribution in [1.29, 1.82) is 0 Å². The SMILES string of the molecule is C=N/C(Cl)=N\C(OCCOCC)=C(/C)Cl. The number of hydrogen-bond acceptors (Lipinski definition) is 3. The highest BCUT2D eigenvalue weighted by atomic mass is 35.5. The van der Waals surface area contributed by atoms with Crippen molar-refractivity contribution in [3.05, 3.63) is 10.9 Å². The zero-order valence-electron chi connectivity index (χ0n) is 8.80. The van der Waals surface area contributed by atoms with Crippen LogP contribution in [0.3, 0.4) is 0 Å². The van der Waals surface area contributed by atoms with E-state index in [1.165, 1.54) is 0 Å². The fourth-order valence-corrected chi connectivity index (χ4v) is 0.843. The predicted molar refractivity (Wildman–Crippen MR) is 63.8 cm³/mol. The number of amidine groups is 1. The fourth-order valence-electron chi connectivity index (χ4n) is 0.670. The van der Waals surface area contributed by atoms with Crippen LogP contribution in [0, 0.1) is 0 Å². The molecule has 0 radical (unpaired) electrons. The first-order chi connectivity index (χ1) is 7.11. The smallest absolute Gasteiger partial charge is 0.230 e. The van der Waals surface area contributed by atoms with Crippen LogP contribution in [0.25, 0.3) is 0 Å². The molecule has 0 bridgehead atoms. The number of ether oxygens (including phenoxy) is 2. The predicted octanol–water partition coefficient (Wildman–Crippen LogP) is 2.76. The van der Waals surface area contributed by atoms with Crippen molar-refractivity contribution >= 4 is 35.2 Å². The second kappa shape index (κ2) is 8.71. The molecule has 0 heterocycles. The first kappa shape index (κ1) is 14.4. The molecule has 0 aliphatic carbocycles. The van der Waals surface area contributed by atoms with Crippen LogP contribution >= 0.6 is 23.2 Å². The third-order valence-corrected chi connectivity index (χ3v) is 1.66. The van der Waals surface area contributed by atoms with Crippen molar-refractivity contribution in [1.82, 2.24) is 0 Å². The standard InChI is InChI=1S/C9H14Cl2N2O2/c1-4-14-5-6-15-8(7(2)10)13-9(11)12-3/h3-6H2,1-2H3/b8-7-,13-9-. The normalized spacial score (nSPS) is 13.5. The van der Waals surface area contributed by atoms with Gasteiger partial charge in [0.15, 0.2) is 0 Å². The second-order valence-electron chi connectivity index (χ2n) is 2.42. The lowest BCUT2D eigenvalue weighted by Crippen LogP contribution is -2.04. The molecule has 0 saturated heterocycles. The molecular formula is C9H14Cl2N2O2. The number of rotatable bonds is 6. The minimum atomic E-state index is -0.0126. The van der Waals surface area contributed by atoms with Gasteiger partial charge in [-0.05, 0) is 32.2 Å². The summed E-state index contributed by atoms with van der Waals surface area (Å²) in [6, 6.07) is 0. The number of aliphatic imine (C=N–C) groups is 2. The van der Waals surface area contributed by atoms with Gasteiger partial charge in [0, 0.05) is 6.61 Å². The summed E-state index contributed by atoms with van der Waals surface area (Å²) in [6.45, 7) is 8.24. The van der Waals surface area contributed by atoms with Crippen LogP contribution in [0.2, 0.25) is 0 Å². The Labute approximate surface area is 99.6 Å². The van der Waals surface area contributed by atoms with Crippen molar-refractivity contribution in [2.24, 2.45) is 9.98 Å². The van der Waals surface area contributed by atoms with Crippen LogP contribution in [0.5, 0.6) is 0 Å². The fraction of sp³-hybridized carbons (Fsp3) is 0.556. The van der Waals surface area contributed by atoms with Gasteiger partial charge in [0.1, 0.15) is 6.61 Å². The summed E-state index contributed by atoms with van der Waals surface area (Å²) < 4.78 is 10.3. The van der Waals surface area contributed by atoms with Gasteiger partial charge in [0.2, 0.25) is 11.2 Å². The molecule has 0 rings (SSSR count). The van der Waals surface area contributed by atoms with E-state index >= 15 is 0 Å². The van der Waals surface area contributed by atoms with Crippen molar-refractivity contribution in [2.75, 3.05) is 19.8 Å². The van der Waals surface area contributed by atoms with Crippen molar-refractivity contribution in [2.45, 2.75) is 13.8 Å². The minimum Gasteiger partial charge on any atom is -0.474 e. The second-order valence-corrected chi connectivity index (χ2v) is 3.33. The molecule has 0 N–H and O–H groups in total. The molecular weight excluding hydrogens is 239 g/mol. The Hall–Kier alpha value is -0.580. The van der Waals surface area contributed by atoms with E-state index in [-0.39, 0.29) is 11.2 Å². The van der Waals surface area contributed by atoms with Gasteiger partial charge in [0.25, 0.3) is 0 Å². The summed E-state index contributed by atoms with van der Waals surface area (Å²) in [6.07, 6.45) is 0. The van der Waals surface area contributed by atoms with E-state index in [0.29, 0.717) is 24.9 Å². The lowest BCUT2D eigenvalue weighted by atomic mass is 10.6. The van der Waals surface area contributed by atoms with Gasteiger partial charge in [0.05, 0.1) is 11.6 Å². The maximum absolute atomic E-state index is 5.74. The van der Waals surface area contributed by atoms with Crippen molar-refractivity contribution in [3.8, 4) is 0 Å². The Morgan fingerprint density at radius 1 is 1.33 bits per heavy atom. The van der Waals surface area contributed by atoms with Crippen LogP contribution in [0.15, 0.2) is 20.9 Å². The van der Waals surface area contributed by atoms with Crippen LogP contribution in [-0.2, 0) is 9.47 Å². The largest absolute Gasteiger partial charge is 0.474 e. The third-order valence-electron chi connectivity index (χ3n) is 1.29. The van der Waals surface area contributed by atoms with Gasteiger partial charge in [-0.3, -0.25) is 0 Å². The number of allylic oxidation sites excluding steroid dienone is 1. The summed E-state index contributed by atoms with van der Waals surface area (Å²) in [5.41, 5.74) is 0. The Balaban J connectivity index is 4.21. The molecule has 0 saturated carbocycles. The zero-order valence-corrected chi connectivity index (χ0v) is 10.3. The topological polar surface area (TPSA) is 43.2 Å². The highest BCUT2D eigenvalue weighted by Gasteiger charge is 2.02. The molecule has 0 spiro atoms. The van der Waals surface area contributed by atoms with E-state index < -0.39 is 0 Å². The first-order valence-corrected chi connectivity index (χ1v) is 5.15. The van der Waals surface area contributed by atoms with E-state index in [4.69, 9.17) is 32.7 Å².